The highest BCUT2D eigenvalue weighted by atomic mass is 19.1. The minimum Gasteiger partial charge on any atom is -0.335 e. The number of likely N-dealkylation sites (tertiary alicyclic amines) is 2. The summed E-state index contributed by atoms with van der Waals surface area (Å²) < 4.78 is 26.4. The summed E-state index contributed by atoms with van der Waals surface area (Å²) in [4.78, 5) is 29.2. The number of nitrogens with one attached hydrogen (secondary N) is 2. The third-order valence-electron chi connectivity index (χ3n) is 7.60. The lowest BCUT2D eigenvalue weighted by Gasteiger charge is -2.42. The number of hydrogen-bond acceptors (Lipinski definition) is 4. The van der Waals surface area contributed by atoms with Gasteiger partial charge >= 0.3 is 6.03 Å². The molecule has 2 aromatic rings. The zero-order valence-electron chi connectivity index (χ0n) is 21.6. The maximum absolute atomic E-state index is 13.3. The van der Waals surface area contributed by atoms with Crippen LogP contribution in [0.5, 0.6) is 0 Å². The number of nitrogens with zero attached hydrogens (tertiary/aromatic N) is 2. The number of hydrogen-bond donors (Lipinski definition) is 2. The molecule has 2 fully saturated rings. The lowest BCUT2D eigenvalue weighted by atomic mass is 9.88. The predicted octanol–water partition coefficient (Wildman–Crippen LogP) is 4.76. The van der Waals surface area contributed by atoms with Crippen LogP contribution in [-0.4, -0.2) is 73.6 Å². The van der Waals surface area contributed by atoms with Crippen molar-refractivity contribution in [2.75, 3.05) is 51.3 Å². The first-order valence-electron chi connectivity index (χ1n) is 13.3. The van der Waals surface area contributed by atoms with E-state index in [9.17, 15) is 18.4 Å². The molecule has 6 nitrogen and oxygen atoms in total. The lowest BCUT2D eigenvalue weighted by molar-refractivity contribution is 0.0822. The van der Waals surface area contributed by atoms with Crippen LogP contribution in [0.3, 0.4) is 0 Å². The highest BCUT2D eigenvalue weighted by molar-refractivity contribution is 5.96. The normalized spacial score (nSPS) is 22.9. The molecule has 2 amide bonds. The van der Waals surface area contributed by atoms with Crippen molar-refractivity contribution in [1.82, 2.24) is 15.1 Å². The number of anilines is 1. The van der Waals surface area contributed by atoms with Gasteiger partial charge in [-0.15, -0.1) is 0 Å². The van der Waals surface area contributed by atoms with E-state index in [1.807, 2.05) is 12.1 Å². The number of rotatable bonds is 9. The van der Waals surface area contributed by atoms with Gasteiger partial charge in [0.1, 0.15) is 12.5 Å². The number of benzene rings is 2. The molecule has 4 rings (SSSR count). The monoisotopic (exact) mass is 512 g/mol. The SMILES string of the molecule is CC(=O)c1cccc(NC(=O)N[C@@H]2CCN(CCF)C[C@@H]2CN2CCCC(Cc3ccc(F)cc3)C2)c1. The van der Waals surface area contributed by atoms with Crippen LogP contribution in [-0.2, 0) is 6.42 Å². The second kappa shape index (κ2) is 13.1. The van der Waals surface area contributed by atoms with E-state index < -0.39 is 0 Å². The molecule has 0 spiro atoms. The summed E-state index contributed by atoms with van der Waals surface area (Å²) >= 11 is 0. The first-order chi connectivity index (χ1) is 17.9. The standard InChI is InChI=1S/C29H38F2N4O2/c1-21(36)24-5-2-6-27(17-24)32-29(37)33-28-11-14-34(15-12-30)19-25(28)20-35-13-3-4-23(18-35)16-22-7-9-26(31)10-8-22/h2,5-10,17,23,25,28H,3-4,11-16,18-20H2,1H3,(H2,32,33,37)/t23?,25-,28-/m1/s1. The summed E-state index contributed by atoms with van der Waals surface area (Å²) in [7, 11) is 0. The number of piperidine rings is 2. The Hall–Kier alpha value is -2.84. The van der Waals surface area contributed by atoms with Crippen molar-refractivity contribution in [2.24, 2.45) is 11.8 Å². The van der Waals surface area contributed by atoms with Crippen LogP contribution in [0, 0.1) is 17.7 Å². The number of Topliss-reactive ketones (excluding diaryl/α,β-unsaturated/α-hetero) is 1. The van der Waals surface area contributed by atoms with Crippen LogP contribution in [0.15, 0.2) is 48.5 Å². The fourth-order valence-electron chi connectivity index (χ4n) is 5.73. The van der Waals surface area contributed by atoms with Crippen molar-refractivity contribution in [3.63, 3.8) is 0 Å². The van der Waals surface area contributed by atoms with Crippen LogP contribution in [0.4, 0.5) is 19.3 Å². The zero-order chi connectivity index (χ0) is 26.2. The summed E-state index contributed by atoms with van der Waals surface area (Å²) in [6, 6.07) is 13.4. The predicted molar refractivity (Wildman–Crippen MR) is 142 cm³/mol. The maximum Gasteiger partial charge on any atom is 0.319 e. The molecule has 3 atom stereocenters. The summed E-state index contributed by atoms with van der Waals surface area (Å²) in [6.45, 7) is 5.85. The molecule has 2 N–H and O–H groups in total. The lowest BCUT2D eigenvalue weighted by Crippen LogP contribution is -2.55. The summed E-state index contributed by atoms with van der Waals surface area (Å²) in [5.74, 6) is 0.425. The zero-order valence-corrected chi connectivity index (χ0v) is 21.6. The van der Waals surface area contributed by atoms with Crippen LogP contribution >= 0.6 is 0 Å². The molecule has 2 aromatic carbocycles. The quantitative estimate of drug-likeness (QED) is 0.476. The third-order valence-corrected chi connectivity index (χ3v) is 7.60. The van der Waals surface area contributed by atoms with Gasteiger partial charge < -0.3 is 20.4 Å². The van der Waals surface area contributed by atoms with E-state index in [1.54, 1.807) is 24.3 Å². The van der Waals surface area contributed by atoms with E-state index in [0.717, 1.165) is 64.0 Å². The first kappa shape index (κ1) is 27.2. The molecule has 1 unspecified atom stereocenters. The van der Waals surface area contributed by atoms with Gasteiger partial charge in [-0.2, -0.15) is 0 Å². The number of carbonyl (C=O) groups is 2. The van der Waals surface area contributed by atoms with Gasteiger partial charge in [-0.1, -0.05) is 24.3 Å². The second-order valence-electron chi connectivity index (χ2n) is 10.5. The Labute approximate surface area is 218 Å². The minimum atomic E-state index is -0.374. The average Bonchev–Trinajstić information content (AvgIpc) is 2.87. The molecule has 37 heavy (non-hydrogen) atoms. The highest BCUT2D eigenvalue weighted by Crippen LogP contribution is 2.25. The van der Waals surface area contributed by atoms with E-state index in [-0.39, 0.29) is 36.3 Å². The molecule has 2 saturated heterocycles. The summed E-state index contributed by atoms with van der Waals surface area (Å²) in [5.41, 5.74) is 2.29. The topological polar surface area (TPSA) is 64.7 Å². The van der Waals surface area contributed by atoms with Crippen molar-refractivity contribution < 1.29 is 18.4 Å². The van der Waals surface area contributed by atoms with Crippen LogP contribution in [0.1, 0.15) is 42.1 Å². The van der Waals surface area contributed by atoms with E-state index in [2.05, 4.69) is 20.4 Å². The summed E-state index contributed by atoms with van der Waals surface area (Å²) in [6.07, 6.45) is 3.95. The Morgan fingerprint density at radius 2 is 1.84 bits per heavy atom. The molecular weight excluding hydrogens is 474 g/mol. The molecule has 200 valence electrons. The van der Waals surface area contributed by atoms with Crippen LogP contribution in [0.25, 0.3) is 0 Å². The maximum atomic E-state index is 13.3. The van der Waals surface area contributed by atoms with E-state index in [4.69, 9.17) is 0 Å². The largest absolute Gasteiger partial charge is 0.335 e. The van der Waals surface area contributed by atoms with Crippen LogP contribution in [0.2, 0.25) is 0 Å². The smallest absolute Gasteiger partial charge is 0.319 e. The van der Waals surface area contributed by atoms with Gasteiger partial charge in [0.2, 0.25) is 0 Å². The number of urea groups is 1. The molecule has 8 heteroatoms. The number of ketones is 1. The highest BCUT2D eigenvalue weighted by Gasteiger charge is 2.33. The minimum absolute atomic E-state index is 0.0238. The second-order valence-corrected chi connectivity index (χ2v) is 10.5. The van der Waals surface area contributed by atoms with Gasteiger partial charge in [-0.25, -0.2) is 13.6 Å². The molecule has 2 heterocycles. The van der Waals surface area contributed by atoms with E-state index in [1.165, 1.54) is 19.1 Å². The van der Waals surface area contributed by atoms with E-state index >= 15 is 0 Å². The molecule has 0 bridgehead atoms. The van der Waals surface area contributed by atoms with Gasteiger partial charge in [0.05, 0.1) is 0 Å². The number of halogens is 2. The van der Waals surface area contributed by atoms with Crippen molar-refractivity contribution in [1.29, 1.82) is 0 Å². The van der Waals surface area contributed by atoms with Gasteiger partial charge in [-0.3, -0.25) is 4.79 Å². The van der Waals surface area contributed by atoms with Crippen LogP contribution < -0.4 is 10.6 Å². The molecule has 0 saturated carbocycles. The Kier molecular flexibility index (Phi) is 9.63. The Morgan fingerprint density at radius 3 is 2.59 bits per heavy atom. The van der Waals surface area contributed by atoms with Gasteiger partial charge in [0.15, 0.2) is 5.78 Å². The average molecular weight is 513 g/mol. The first-order valence-corrected chi connectivity index (χ1v) is 13.3. The molecule has 0 aliphatic carbocycles. The number of amides is 2. The Balaban J connectivity index is 1.36. The molecular formula is C29H38F2N4O2. The van der Waals surface area contributed by atoms with Crippen molar-refractivity contribution in [2.45, 2.75) is 38.6 Å². The summed E-state index contributed by atoms with van der Waals surface area (Å²) in [5, 5.41) is 6.02. The molecule has 2 aliphatic rings. The number of carbonyl (C=O) groups excluding carboxylic acids is 2. The Morgan fingerprint density at radius 1 is 1.03 bits per heavy atom. The number of alkyl halides is 1. The van der Waals surface area contributed by atoms with Gasteiger partial charge in [0.25, 0.3) is 0 Å². The van der Waals surface area contributed by atoms with E-state index in [0.29, 0.717) is 23.7 Å². The third kappa shape index (κ3) is 8.07. The van der Waals surface area contributed by atoms with Gasteiger partial charge in [0, 0.05) is 55.9 Å². The van der Waals surface area contributed by atoms with Crippen molar-refractivity contribution in [3.8, 4) is 0 Å². The van der Waals surface area contributed by atoms with Gasteiger partial charge in [-0.05, 0) is 74.9 Å². The van der Waals surface area contributed by atoms with Crippen molar-refractivity contribution >= 4 is 17.5 Å². The fraction of sp³-hybridized carbons (Fsp3) is 0.517. The Bertz CT molecular complexity index is 1050. The fourth-order valence-corrected chi connectivity index (χ4v) is 5.73. The molecule has 0 radical (unpaired) electrons. The molecule has 0 aromatic heterocycles. The molecule has 2 aliphatic heterocycles. The van der Waals surface area contributed by atoms with Crippen molar-refractivity contribution in [3.05, 3.63) is 65.5 Å².